The molecule has 0 fully saturated rings. The number of fused-ring (bicyclic) bond motifs is 1. The number of carbonyl (C=O) groups is 2. The first-order valence-corrected chi connectivity index (χ1v) is 7.39. The number of esters is 1. The molecule has 120 valence electrons. The highest BCUT2D eigenvalue weighted by Crippen LogP contribution is 2.32. The van der Waals surface area contributed by atoms with Crippen molar-refractivity contribution in [2.75, 3.05) is 18.5 Å². The van der Waals surface area contributed by atoms with Crippen LogP contribution in [0.15, 0.2) is 18.2 Å². The van der Waals surface area contributed by atoms with Crippen molar-refractivity contribution >= 4 is 17.6 Å². The molecule has 0 radical (unpaired) electrons. The summed E-state index contributed by atoms with van der Waals surface area (Å²) in [6.45, 7) is 6.17. The average molecular weight is 307 g/mol. The Kier molecular flexibility index (Phi) is 5.25. The van der Waals surface area contributed by atoms with E-state index >= 15 is 0 Å². The van der Waals surface area contributed by atoms with Gasteiger partial charge in [0.1, 0.15) is 11.5 Å². The van der Waals surface area contributed by atoms with Gasteiger partial charge in [-0.3, -0.25) is 4.79 Å². The van der Waals surface area contributed by atoms with Crippen LogP contribution in [-0.4, -0.2) is 31.2 Å². The minimum absolute atomic E-state index is 0.00627. The molecule has 1 heterocycles. The van der Waals surface area contributed by atoms with Crippen LogP contribution in [0.2, 0.25) is 0 Å². The van der Waals surface area contributed by atoms with E-state index in [2.05, 4.69) is 5.32 Å². The molecule has 22 heavy (non-hydrogen) atoms. The Morgan fingerprint density at radius 3 is 2.86 bits per heavy atom. The van der Waals surface area contributed by atoms with Crippen molar-refractivity contribution in [3.8, 4) is 11.5 Å². The normalized spacial score (nSPS) is 14.6. The van der Waals surface area contributed by atoms with Crippen molar-refractivity contribution in [1.29, 1.82) is 0 Å². The minimum Gasteiger partial charge on any atom is -0.482 e. The molecule has 1 aliphatic heterocycles. The smallest absolute Gasteiger partial charge is 0.347 e. The van der Waals surface area contributed by atoms with Crippen LogP contribution in [0, 0.1) is 5.92 Å². The van der Waals surface area contributed by atoms with Gasteiger partial charge in [0.25, 0.3) is 5.91 Å². The molecule has 6 heteroatoms. The van der Waals surface area contributed by atoms with Crippen LogP contribution in [-0.2, 0) is 14.3 Å². The van der Waals surface area contributed by atoms with Gasteiger partial charge >= 0.3 is 5.97 Å². The second-order valence-electron chi connectivity index (χ2n) is 5.53. The predicted octanol–water partition coefficient (Wildman–Crippen LogP) is 2.37. The maximum absolute atomic E-state index is 12.0. The summed E-state index contributed by atoms with van der Waals surface area (Å²) in [6.07, 6.45) is -0.173. The lowest BCUT2D eigenvalue weighted by molar-refractivity contribution is -0.153. The second kappa shape index (κ2) is 7.15. The molecule has 1 aromatic carbocycles. The number of amides is 1. The molecule has 0 aromatic heterocycles. The van der Waals surface area contributed by atoms with E-state index in [1.807, 2.05) is 20.8 Å². The number of rotatable bonds is 6. The van der Waals surface area contributed by atoms with Gasteiger partial charge < -0.3 is 19.5 Å². The van der Waals surface area contributed by atoms with E-state index in [1.54, 1.807) is 18.2 Å². The number of carbonyl (C=O) groups excluding carboxylic acids is 2. The topological polar surface area (TPSA) is 73.9 Å². The number of ether oxygens (including phenoxy) is 3. The standard InChI is InChI=1S/C16H21NO5/c1-4-13(16(19)21-8-10(2)3)22-11-5-6-14-12(7-11)17-15(18)9-20-14/h5-7,10,13H,4,8-9H2,1-3H3,(H,17,18). The maximum atomic E-state index is 12.0. The van der Waals surface area contributed by atoms with Crippen molar-refractivity contribution in [2.45, 2.75) is 33.3 Å². The first kappa shape index (κ1) is 16.1. The Morgan fingerprint density at radius 1 is 1.41 bits per heavy atom. The Balaban J connectivity index is 2.03. The molecule has 6 nitrogen and oxygen atoms in total. The fourth-order valence-corrected chi connectivity index (χ4v) is 1.94. The minimum atomic E-state index is -0.669. The number of anilines is 1. The summed E-state index contributed by atoms with van der Waals surface area (Å²) >= 11 is 0. The van der Waals surface area contributed by atoms with E-state index in [9.17, 15) is 9.59 Å². The molecule has 1 amide bonds. The predicted molar refractivity (Wildman–Crippen MR) is 81.1 cm³/mol. The van der Waals surface area contributed by atoms with Crippen LogP contribution in [0.5, 0.6) is 11.5 Å². The Morgan fingerprint density at radius 2 is 2.18 bits per heavy atom. The van der Waals surface area contributed by atoms with Gasteiger partial charge in [-0.25, -0.2) is 4.79 Å². The van der Waals surface area contributed by atoms with Crippen LogP contribution in [0.4, 0.5) is 5.69 Å². The molecular weight excluding hydrogens is 286 g/mol. The number of hydrogen-bond acceptors (Lipinski definition) is 5. The van der Waals surface area contributed by atoms with E-state index in [-0.39, 0.29) is 24.4 Å². The van der Waals surface area contributed by atoms with Crippen molar-refractivity contribution in [3.63, 3.8) is 0 Å². The van der Waals surface area contributed by atoms with Crippen LogP contribution in [0.25, 0.3) is 0 Å². The van der Waals surface area contributed by atoms with Crippen molar-refractivity contribution in [2.24, 2.45) is 5.92 Å². The first-order chi connectivity index (χ1) is 10.5. The zero-order valence-electron chi connectivity index (χ0n) is 13.0. The van der Waals surface area contributed by atoms with Crippen LogP contribution in [0.3, 0.4) is 0 Å². The summed E-state index contributed by atoms with van der Waals surface area (Å²) in [5.41, 5.74) is 0.541. The molecule has 1 unspecified atom stereocenters. The summed E-state index contributed by atoms with van der Waals surface area (Å²) in [5, 5.41) is 2.70. The third-order valence-corrected chi connectivity index (χ3v) is 3.05. The number of nitrogens with one attached hydrogen (secondary N) is 1. The van der Waals surface area contributed by atoms with E-state index in [4.69, 9.17) is 14.2 Å². The second-order valence-corrected chi connectivity index (χ2v) is 5.53. The Bertz CT molecular complexity index is 555. The van der Waals surface area contributed by atoms with Gasteiger partial charge in [0.05, 0.1) is 12.3 Å². The van der Waals surface area contributed by atoms with Gasteiger partial charge in [-0.1, -0.05) is 20.8 Å². The van der Waals surface area contributed by atoms with Crippen LogP contribution >= 0.6 is 0 Å². The van der Waals surface area contributed by atoms with Crippen molar-refractivity contribution in [1.82, 2.24) is 0 Å². The lowest BCUT2D eigenvalue weighted by Gasteiger charge is -2.21. The van der Waals surface area contributed by atoms with E-state index in [0.717, 1.165) is 0 Å². The molecule has 1 aromatic rings. The van der Waals surface area contributed by atoms with Crippen molar-refractivity contribution < 1.29 is 23.8 Å². The molecule has 2 rings (SSSR count). The highest BCUT2D eigenvalue weighted by atomic mass is 16.6. The monoisotopic (exact) mass is 307 g/mol. The number of benzene rings is 1. The Labute approximate surface area is 129 Å². The fourth-order valence-electron chi connectivity index (χ4n) is 1.94. The molecule has 1 atom stereocenters. The summed E-state index contributed by atoms with van der Waals surface area (Å²) in [6, 6.07) is 5.05. The highest BCUT2D eigenvalue weighted by Gasteiger charge is 2.22. The zero-order chi connectivity index (χ0) is 16.1. The molecule has 0 saturated heterocycles. The lowest BCUT2D eigenvalue weighted by Crippen LogP contribution is -2.30. The summed E-state index contributed by atoms with van der Waals surface area (Å²) < 4.78 is 16.2. The maximum Gasteiger partial charge on any atom is 0.347 e. The molecule has 1 aliphatic rings. The lowest BCUT2D eigenvalue weighted by atomic mass is 10.2. The highest BCUT2D eigenvalue weighted by molar-refractivity contribution is 5.95. The first-order valence-electron chi connectivity index (χ1n) is 7.39. The summed E-state index contributed by atoms with van der Waals surface area (Å²) in [7, 11) is 0. The van der Waals surface area contributed by atoms with Gasteiger partial charge in [0.15, 0.2) is 12.7 Å². The quantitative estimate of drug-likeness (QED) is 0.817. The molecule has 0 saturated carbocycles. The van der Waals surface area contributed by atoms with Gasteiger partial charge in [-0.15, -0.1) is 0 Å². The summed E-state index contributed by atoms with van der Waals surface area (Å²) in [4.78, 5) is 23.3. The fraction of sp³-hybridized carbons (Fsp3) is 0.500. The van der Waals surface area contributed by atoms with Crippen LogP contribution in [0.1, 0.15) is 27.2 Å². The largest absolute Gasteiger partial charge is 0.482 e. The third kappa shape index (κ3) is 4.13. The molecular formula is C16H21NO5. The van der Waals surface area contributed by atoms with Gasteiger partial charge in [-0.2, -0.15) is 0 Å². The van der Waals surface area contributed by atoms with E-state index in [1.165, 1.54) is 0 Å². The van der Waals surface area contributed by atoms with Crippen LogP contribution < -0.4 is 14.8 Å². The average Bonchev–Trinajstić information content (AvgIpc) is 2.49. The van der Waals surface area contributed by atoms with Gasteiger partial charge in [0, 0.05) is 6.07 Å². The van der Waals surface area contributed by atoms with Crippen molar-refractivity contribution in [3.05, 3.63) is 18.2 Å². The zero-order valence-corrected chi connectivity index (χ0v) is 13.0. The van der Waals surface area contributed by atoms with E-state index in [0.29, 0.717) is 30.2 Å². The molecule has 0 spiro atoms. The molecule has 0 aliphatic carbocycles. The van der Waals surface area contributed by atoms with E-state index < -0.39 is 6.10 Å². The third-order valence-electron chi connectivity index (χ3n) is 3.05. The van der Waals surface area contributed by atoms with Gasteiger partial charge in [0.2, 0.25) is 0 Å². The van der Waals surface area contributed by atoms with Gasteiger partial charge in [-0.05, 0) is 24.5 Å². The number of hydrogen-bond donors (Lipinski definition) is 1. The molecule has 1 N–H and O–H groups in total. The SMILES string of the molecule is CCC(Oc1ccc2c(c1)NC(=O)CO2)C(=O)OCC(C)C. The Hall–Kier alpha value is -2.24. The summed E-state index contributed by atoms with van der Waals surface area (Å²) in [5.74, 6) is 0.750. The molecule has 0 bridgehead atoms.